The number of benzene rings is 2. The van der Waals surface area contributed by atoms with Gasteiger partial charge >= 0.3 is 0 Å². The lowest BCUT2D eigenvalue weighted by Gasteiger charge is -2.08. The largest absolute Gasteiger partial charge is 0.486 e. The van der Waals surface area contributed by atoms with E-state index in [1.807, 2.05) is 42.8 Å². The highest BCUT2D eigenvalue weighted by Crippen LogP contribution is 2.24. The van der Waals surface area contributed by atoms with Crippen LogP contribution in [0.15, 0.2) is 65.1 Å². The second-order valence-corrected chi connectivity index (χ2v) is 8.10. The number of hydrogen-bond acceptors (Lipinski definition) is 4. The number of furan rings is 1. The molecule has 6 nitrogen and oxygen atoms in total. The van der Waals surface area contributed by atoms with Gasteiger partial charge in [0.2, 0.25) is 0 Å². The molecule has 4 rings (SSSR count). The fourth-order valence-corrected chi connectivity index (χ4v) is 3.58. The van der Waals surface area contributed by atoms with Crippen molar-refractivity contribution in [2.75, 3.05) is 5.32 Å². The van der Waals surface area contributed by atoms with E-state index in [9.17, 15) is 4.79 Å². The second kappa shape index (κ2) is 9.51. The van der Waals surface area contributed by atoms with Crippen molar-refractivity contribution in [3.63, 3.8) is 0 Å². The molecule has 8 heteroatoms. The molecular weight excluding hydrogens is 449 g/mol. The van der Waals surface area contributed by atoms with Gasteiger partial charge in [-0.2, -0.15) is 5.10 Å². The predicted octanol–water partition coefficient (Wildman–Crippen LogP) is 6.28. The van der Waals surface area contributed by atoms with Crippen LogP contribution < -0.4 is 10.1 Å². The van der Waals surface area contributed by atoms with Crippen LogP contribution in [0, 0.1) is 13.8 Å². The maximum Gasteiger partial charge on any atom is 0.291 e. The molecule has 0 saturated heterocycles. The summed E-state index contributed by atoms with van der Waals surface area (Å²) in [4.78, 5) is 12.7. The number of aromatic nitrogens is 2. The number of hydrogen-bond donors (Lipinski definition) is 1. The lowest BCUT2D eigenvalue weighted by molar-refractivity contribution is 0.0992. The van der Waals surface area contributed by atoms with Crippen molar-refractivity contribution in [3.8, 4) is 5.75 Å². The predicted molar refractivity (Wildman–Crippen MR) is 125 cm³/mol. The SMILES string of the molecule is Cc1nn(Cc2ccccc2Cl)c(C)c1NC(=O)c1ccc(COc2ccc(Cl)cc2)o1. The highest BCUT2D eigenvalue weighted by atomic mass is 35.5. The Bertz CT molecular complexity index is 1250. The summed E-state index contributed by atoms with van der Waals surface area (Å²) in [7, 11) is 0. The summed E-state index contributed by atoms with van der Waals surface area (Å²) in [5.74, 6) is 1.03. The van der Waals surface area contributed by atoms with Crippen molar-refractivity contribution in [2.45, 2.75) is 27.0 Å². The smallest absolute Gasteiger partial charge is 0.291 e. The first-order valence-electron chi connectivity index (χ1n) is 9.96. The summed E-state index contributed by atoms with van der Waals surface area (Å²) >= 11 is 12.1. The van der Waals surface area contributed by atoms with Crippen LogP contribution in [0.2, 0.25) is 10.0 Å². The highest BCUT2D eigenvalue weighted by molar-refractivity contribution is 6.31. The Kier molecular flexibility index (Phi) is 6.53. The molecule has 2 heterocycles. The van der Waals surface area contributed by atoms with E-state index in [0.29, 0.717) is 39.5 Å². The van der Waals surface area contributed by atoms with E-state index in [1.54, 1.807) is 36.4 Å². The Labute approximate surface area is 195 Å². The number of ether oxygens (including phenoxy) is 1. The van der Waals surface area contributed by atoms with E-state index < -0.39 is 0 Å². The molecule has 1 N–H and O–H groups in total. The maximum absolute atomic E-state index is 12.7. The third-order valence-corrected chi connectivity index (χ3v) is 5.60. The molecule has 0 saturated carbocycles. The van der Waals surface area contributed by atoms with E-state index in [2.05, 4.69) is 10.4 Å². The topological polar surface area (TPSA) is 69.3 Å². The van der Waals surface area contributed by atoms with E-state index >= 15 is 0 Å². The average molecular weight is 470 g/mol. The molecule has 2 aromatic heterocycles. The molecule has 4 aromatic rings. The van der Waals surface area contributed by atoms with Crippen LogP contribution in [0.5, 0.6) is 5.75 Å². The van der Waals surface area contributed by atoms with Crippen molar-refractivity contribution in [3.05, 3.63) is 99.2 Å². The first-order valence-corrected chi connectivity index (χ1v) is 10.7. The Morgan fingerprint density at radius 3 is 2.56 bits per heavy atom. The molecule has 0 fully saturated rings. The van der Waals surface area contributed by atoms with Gasteiger partial charge in [0, 0.05) is 10.0 Å². The van der Waals surface area contributed by atoms with Gasteiger partial charge in [0.05, 0.1) is 23.6 Å². The van der Waals surface area contributed by atoms with Gasteiger partial charge in [0.25, 0.3) is 5.91 Å². The summed E-state index contributed by atoms with van der Waals surface area (Å²) < 4.78 is 13.1. The second-order valence-electron chi connectivity index (χ2n) is 7.26. The number of rotatable bonds is 7. The zero-order chi connectivity index (χ0) is 22.7. The van der Waals surface area contributed by atoms with Crippen molar-refractivity contribution in [1.29, 1.82) is 0 Å². The van der Waals surface area contributed by atoms with E-state index in [-0.39, 0.29) is 18.3 Å². The minimum Gasteiger partial charge on any atom is -0.486 e. The van der Waals surface area contributed by atoms with Crippen LogP contribution in [-0.4, -0.2) is 15.7 Å². The monoisotopic (exact) mass is 469 g/mol. The Morgan fingerprint density at radius 2 is 1.81 bits per heavy atom. The van der Waals surface area contributed by atoms with Crippen molar-refractivity contribution in [2.24, 2.45) is 0 Å². The molecule has 0 spiro atoms. The van der Waals surface area contributed by atoms with Crippen molar-refractivity contribution in [1.82, 2.24) is 9.78 Å². The summed E-state index contributed by atoms with van der Waals surface area (Å²) in [6.07, 6.45) is 0. The molecule has 0 radical (unpaired) electrons. The van der Waals surface area contributed by atoms with Crippen molar-refractivity contribution >= 4 is 34.8 Å². The van der Waals surface area contributed by atoms with Gasteiger partial charge in [-0.05, 0) is 61.9 Å². The zero-order valence-corrected chi connectivity index (χ0v) is 19.1. The molecule has 0 aliphatic heterocycles. The molecule has 1 amide bonds. The van der Waals surface area contributed by atoms with Gasteiger partial charge in [-0.25, -0.2) is 0 Å². The standard InChI is InChI=1S/C24H21Cl2N3O3/c1-15-23(16(2)29(28-15)13-17-5-3-4-6-21(17)26)27-24(30)22-12-11-20(32-22)14-31-19-9-7-18(25)8-10-19/h3-12H,13-14H2,1-2H3,(H,27,30). The number of carbonyl (C=O) groups excluding carboxylic acids is 1. The Balaban J connectivity index is 1.42. The van der Waals surface area contributed by atoms with Crippen LogP contribution in [0.4, 0.5) is 5.69 Å². The van der Waals surface area contributed by atoms with E-state index in [0.717, 1.165) is 11.3 Å². The normalized spacial score (nSPS) is 10.9. The quantitative estimate of drug-likeness (QED) is 0.345. The van der Waals surface area contributed by atoms with Crippen molar-refractivity contribution < 1.29 is 13.9 Å². The number of amides is 1. The number of aryl methyl sites for hydroxylation is 1. The third kappa shape index (κ3) is 4.98. The summed E-state index contributed by atoms with van der Waals surface area (Å²) in [5.41, 5.74) is 3.14. The van der Waals surface area contributed by atoms with Gasteiger partial charge < -0.3 is 14.5 Å². The molecule has 0 unspecified atom stereocenters. The molecular formula is C24H21Cl2N3O3. The van der Waals surface area contributed by atoms with Crippen LogP contribution in [0.25, 0.3) is 0 Å². The highest BCUT2D eigenvalue weighted by Gasteiger charge is 2.18. The van der Waals surface area contributed by atoms with Gasteiger partial charge in [0.1, 0.15) is 18.1 Å². The molecule has 32 heavy (non-hydrogen) atoms. The molecule has 0 aliphatic carbocycles. The molecule has 0 aliphatic rings. The number of anilines is 1. The maximum atomic E-state index is 12.7. The lowest BCUT2D eigenvalue weighted by atomic mass is 10.2. The minimum atomic E-state index is -0.355. The molecule has 0 atom stereocenters. The van der Waals surface area contributed by atoms with Crippen LogP contribution in [-0.2, 0) is 13.2 Å². The number of nitrogens with zero attached hydrogens (tertiary/aromatic N) is 2. The first kappa shape index (κ1) is 22.0. The van der Waals surface area contributed by atoms with Gasteiger partial charge in [-0.15, -0.1) is 0 Å². The number of nitrogens with one attached hydrogen (secondary N) is 1. The van der Waals surface area contributed by atoms with Gasteiger partial charge in [-0.3, -0.25) is 9.48 Å². The fraction of sp³-hybridized carbons (Fsp3) is 0.167. The number of halogens is 2. The van der Waals surface area contributed by atoms with E-state index in [1.165, 1.54) is 0 Å². The fourth-order valence-electron chi connectivity index (χ4n) is 3.26. The third-order valence-electron chi connectivity index (χ3n) is 4.98. The van der Waals surface area contributed by atoms with Gasteiger partial charge in [0.15, 0.2) is 5.76 Å². The lowest BCUT2D eigenvalue weighted by Crippen LogP contribution is -2.12. The molecule has 2 aromatic carbocycles. The number of carbonyl (C=O) groups is 1. The Hall–Kier alpha value is -3.22. The van der Waals surface area contributed by atoms with Crippen LogP contribution in [0.1, 0.15) is 33.3 Å². The summed E-state index contributed by atoms with van der Waals surface area (Å²) in [6.45, 7) is 4.46. The zero-order valence-electron chi connectivity index (χ0n) is 17.6. The van der Waals surface area contributed by atoms with Crippen LogP contribution >= 0.6 is 23.2 Å². The molecule has 0 bridgehead atoms. The van der Waals surface area contributed by atoms with Crippen LogP contribution in [0.3, 0.4) is 0 Å². The Morgan fingerprint density at radius 1 is 1.06 bits per heavy atom. The van der Waals surface area contributed by atoms with Gasteiger partial charge in [-0.1, -0.05) is 41.4 Å². The van der Waals surface area contributed by atoms with E-state index in [4.69, 9.17) is 32.4 Å². The summed E-state index contributed by atoms with van der Waals surface area (Å²) in [5, 5.41) is 8.77. The first-order chi connectivity index (χ1) is 15.4. The average Bonchev–Trinajstić information content (AvgIpc) is 3.35. The minimum absolute atomic E-state index is 0.192. The molecule has 164 valence electrons. The summed E-state index contributed by atoms with van der Waals surface area (Å²) in [6, 6.07) is 18.0.